The van der Waals surface area contributed by atoms with Crippen LogP contribution < -0.4 is 11.7 Å². The van der Waals surface area contributed by atoms with Crippen LogP contribution in [-0.4, -0.2) is 21.8 Å². The molecule has 0 atom stereocenters. The summed E-state index contributed by atoms with van der Waals surface area (Å²) in [5.74, 6) is 11.7. The number of nitrogens with one attached hydrogen (secondary N) is 2. The van der Waals surface area contributed by atoms with E-state index in [1.165, 1.54) is 23.5 Å². The first-order valence-corrected chi connectivity index (χ1v) is 7.83. The molecule has 0 aliphatic rings. The smallest absolute Gasteiger partial charge is 0.226 e. The summed E-state index contributed by atoms with van der Waals surface area (Å²) < 4.78 is 0. The molecule has 0 aromatic heterocycles. The van der Waals surface area contributed by atoms with Gasteiger partial charge in [-0.1, -0.05) is 53.9 Å². The molecule has 0 radical (unpaired) electrons. The number of benzene rings is 1. The Morgan fingerprint density at radius 1 is 0.952 bits per heavy atom. The van der Waals surface area contributed by atoms with E-state index in [9.17, 15) is 0 Å². The zero-order valence-electron chi connectivity index (χ0n) is 11.1. The summed E-state index contributed by atoms with van der Waals surface area (Å²) in [5.41, 5.74) is 15.0. The second-order valence-electron chi connectivity index (χ2n) is 3.78. The number of thioether (sulfide) groups is 2. The number of hydrogen-bond acceptors (Lipinski definition) is 8. The van der Waals surface area contributed by atoms with E-state index < -0.39 is 0 Å². The average Bonchev–Trinajstić information content (AvgIpc) is 2.55. The van der Waals surface area contributed by atoms with Gasteiger partial charge in [-0.05, 0) is 5.56 Å². The van der Waals surface area contributed by atoms with E-state index in [-0.39, 0.29) is 16.3 Å². The van der Waals surface area contributed by atoms with Gasteiger partial charge in [0, 0.05) is 17.4 Å². The SMILES string of the molecule is N=NC(=NN)SCC(CSC(N=N)=NN)c1ccccc1. The average molecular weight is 324 g/mol. The molecule has 112 valence electrons. The van der Waals surface area contributed by atoms with Crippen molar-refractivity contribution in [1.82, 2.24) is 0 Å². The molecule has 0 spiro atoms. The van der Waals surface area contributed by atoms with Crippen LogP contribution in [0.4, 0.5) is 0 Å². The maximum atomic E-state index is 6.95. The Hall–Kier alpha value is -1.94. The zero-order valence-corrected chi connectivity index (χ0v) is 12.8. The molecule has 0 amide bonds. The van der Waals surface area contributed by atoms with Crippen LogP contribution in [0.2, 0.25) is 0 Å². The van der Waals surface area contributed by atoms with Gasteiger partial charge in [0.15, 0.2) is 0 Å². The van der Waals surface area contributed by atoms with Gasteiger partial charge in [0.25, 0.3) is 0 Å². The molecule has 0 aliphatic carbocycles. The lowest BCUT2D eigenvalue weighted by atomic mass is 10.0. The fourth-order valence-electron chi connectivity index (χ4n) is 1.51. The molecular formula is C11H16N8S2. The number of amidine groups is 2. The number of hydrogen-bond donors (Lipinski definition) is 4. The Morgan fingerprint density at radius 3 is 1.81 bits per heavy atom. The first kappa shape index (κ1) is 17.1. The zero-order chi connectivity index (χ0) is 15.5. The standard InChI is InChI=1S/C11H16N8S2/c12-16-10(17-13)20-6-9(7-21-11(18-14)19-15)8-4-2-1-3-5-8/h1-5,9,12,14H,6-7,13,15H2. The van der Waals surface area contributed by atoms with E-state index in [2.05, 4.69) is 20.4 Å². The molecule has 10 heteroatoms. The van der Waals surface area contributed by atoms with E-state index in [1.807, 2.05) is 30.3 Å². The highest BCUT2D eigenvalue weighted by molar-refractivity contribution is 8.14. The summed E-state index contributed by atoms with van der Waals surface area (Å²) in [4.78, 5) is 0. The van der Waals surface area contributed by atoms with Gasteiger partial charge in [-0.3, -0.25) is 0 Å². The second-order valence-corrected chi connectivity index (χ2v) is 5.75. The molecule has 6 N–H and O–H groups in total. The fourth-order valence-corrected chi connectivity index (χ4v) is 3.26. The van der Waals surface area contributed by atoms with E-state index >= 15 is 0 Å². The number of hydrazone groups is 2. The van der Waals surface area contributed by atoms with Gasteiger partial charge in [-0.2, -0.15) is 10.2 Å². The maximum Gasteiger partial charge on any atom is 0.226 e. The number of nitrogens with two attached hydrogens (primary N) is 2. The largest absolute Gasteiger partial charge is 0.321 e. The van der Waals surface area contributed by atoms with Crippen molar-refractivity contribution >= 4 is 33.9 Å². The molecule has 0 heterocycles. The van der Waals surface area contributed by atoms with Crippen molar-refractivity contribution in [2.45, 2.75) is 5.92 Å². The predicted octanol–water partition coefficient (Wildman–Crippen LogP) is 2.76. The molecule has 21 heavy (non-hydrogen) atoms. The van der Waals surface area contributed by atoms with Crippen molar-refractivity contribution in [2.24, 2.45) is 32.1 Å². The molecule has 0 unspecified atom stereocenters. The number of rotatable bonds is 5. The summed E-state index contributed by atoms with van der Waals surface area (Å²) in [6.45, 7) is 0. The van der Waals surface area contributed by atoms with Crippen LogP contribution in [0.15, 0.2) is 50.8 Å². The monoisotopic (exact) mass is 324 g/mol. The normalized spacial score (nSPS) is 13.7. The lowest BCUT2D eigenvalue weighted by Gasteiger charge is -2.15. The summed E-state index contributed by atoms with van der Waals surface area (Å²) in [5, 5.41) is 13.8. The van der Waals surface area contributed by atoms with Gasteiger partial charge >= 0.3 is 0 Å². The molecule has 0 saturated heterocycles. The van der Waals surface area contributed by atoms with Crippen molar-refractivity contribution in [2.75, 3.05) is 11.5 Å². The van der Waals surface area contributed by atoms with Crippen LogP contribution in [0, 0.1) is 11.1 Å². The third-order valence-electron chi connectivity index (χ3n) is 2.51. The molecule has 8 nitrogen and oxygen atoms in total. The van der Waals surface area contributed by atoms with E-state index in [4.69, 9.17) is 22.7 Å². The van der Waals surface area contributed by atoms with Crippen LogP contribution in [0.1, 0.15) is 11.5 Å². The topological polar surface area (TPSA) is 149 Å². The summed E-state index contributed by atoms with van der Waals surface area (Å²) in [7, 11) is 0. The van der Waals surface area contributed by atoms with Crippen molar-refractivity contribution in [3.63, 3.8) is 0 Å². The quantitative estimate of drug-likeness (QED) is 0.216. The molecule has 1 aromatic rings. The van der Waals surface area contributed by atoms with Gasteiger partial charge < -0.3 is 11.7 Å². The Kier molecular flexibility index (Phi) is 8.05. The molecule has 0 aliphatic heterocycles. The summed E-state index contributed by atoms with van der Waals surface area (Å²) in [6.07, 6.45) is 0. The molecule has 0 fully saturated rings. The van der Waals surface area contributed by atoms with E-state index in [0.29, 0.717) is 11.5 Å². The Labute approximate surface area is 130 Å². The molecule has 0 saturated carbocycles. The van der Waals surface area contributed by atoms with Gasteiger partial charge in [0.1, 0.15) is 0 Å². The second kappa shape index (κ2) is 9.88. The first-order valence-electron chi connectivity index (χ1n) is 5.86. The minimum Gasteiger partial charge on any atom is -0.321 e. The van der Waals surface area contributed by atoms with Gasteiger partial charge in [0.05, 0.1) is 0 Å². The van der Waals surface area contributed by atoms with Crippen LogP contribution in [0.25, 0.3) is 0 Å². The van der Waals surface area contributed by atoms with Gasteiger partial charge in [0.2, 0.25) is 10.3 Å². The maximum absolute atomic E-state index is 6.95. The highest BCUT2D eigenvalue weighted by Gasteiger charge is 2.15. The summed E-state index contributed by atoms with van der Waals surface area (Å²) >= 11 is 2.60. The first-order chi connectivity index (χ1) is 10.2. The van der Waals surface area contributed by atoms with Crippen LogP contribution in [0.3, 0.4) is 0 Å². The predicted molar refractivity (Wildman–Crippen MR) is 87.6 cm³/mol. The van der Waals surface area contributed by atoms with E-state index in [0.717, 1.165) is 5.56 Å². The lowest BCUT2D eigenvalue weighted by Crippen LogP contribution is -2.09. The van der Waals surface area contributed by atoms with Crippen molar-refractivity contribution in [1.29, 1.82) is 11.1 Å². The highest BCUT2D eigenvalue weighted by atomic mass is 32.2. The van der Waals surface area contributed by atoms with Crippen LogP contribution in [0.5, 0.6) is 0 Å². The van der Waals surface area contributed by atoms with Crippen molar-refractivity contribution in [3.8, 4) is 0 Å². The lowest BCUT2D eigenvalue weighted by molar-refractivity contribution is 0.898. The van der Waals surface area contributed by atoms with Crippen molar-refractivity contribution in [3.05, 3.63) is 35.9 Å². The molecule has 0 bridgehead atoms. The third kappa shape index (κ3) is 5.92. The Balaban J connectivity index is 2.75. The summed E-state index contributed by atoms with van der Waals surface area (Å²) in [6, 6.07) is 9.88. The third-order valence-corrected chi connectivity index (χ3v) is 4.56. The molecule has 1 rings (SSSR count). The molecule has 1 aromatic carbocycles. The Bertz CT molecular complexity index is 488. The Morgan fingerprint density at radius 2 is 1.43 bits per heavy atom. The minimum atomic E-state index is 0.137. The van der Waals surface area contributed by atoms with E-state index in [1.54, 1.807) is 0 Å². The van der Waals surface area contributed by atoms with Gasteiger partial charge in [-0.25, -0.2) is 11.1 Å². The highest BCUT2D eigenvalue weighted by Crippen LogP contribution is 2.26. The van der Waals surface area contributed by atoms with Gasteiger partial charge in [-0.15, -0.1) is 10.2 Å². The van der Waals surface area contributed by atoms with Crippen LogP contribution >= 0.6 is 23.5 Å². The fraction of sp³-hybridized carbons (Fsp3) is 0.273. The van der Waals surface area contributed by atoms with Crippen molar-refractivity contribution < 1.29 is 0 Å². The van der Waals surface area contributed by atoms with Crippen LogP contribution in [-0.2, 0) is 0 Å². The minimum absolute atomic E-state index is 0.137. The number of nitrogens with zero attached hydrogens (tertiary/aromatic N) is 4. The molecular weight excluding hydrogens is 308 g/mol.